The molecule has 5 aliphatic heterocycles. The summed E-state index contributed by atoms with van der Waals surface area (Å²) in [6, 6.07) is 10.4. The second-order valence-electron chi connectivity index (χ2n) is 11.3. The quantitative estimate of drug-likeness (QED) is 0.521. The Kier molecular flexibility index (Phi) is 5.77. The summed E-state index contributed by atoms with van der Waals surface area (Å²) in [5.41, 5.74) is 1.10. The van der Waals surface area contributed by atoms with Gasteiger partial charge >= 0.3 is 0 Å². The van der Waals surface area contributed by atoms with Crippen LogP contribution in [-0.4, -0.2) is 47.0 Å². The maximum Gasteiger partial charge on any atom is 0.251 e. The van der Waals surface area contributed by atoms with Gasteiger partial charge in [0.15, 0.2) is 5.96 Å². The van der Waals surface area contributed by atoms with Gasteiger partial charge in [-0.1, -0.05) is 6.92 Å². The molecule has 9 heteroatoms. The number of ether oxygens (including phenoxy) is 3. The lowest BCUT2D eigenvalue weighted by Crippen LogP contribution is -2.63. The molecule has 5 aliphatic rings. The molecule has 200 valence electrons. The summed E-state index contributed by atoms with van der Waals surface area (Å²) in [6.07, 6.45) is 2.66. The number of nitrogens with one attached hydrogen (secondary N) is 3. The zero-order valence-corrected chi connectivity index (χ0v) is 22.1. The minimum absolute atomic E-state index is 0.0806. The number of guanidine groups is 1. The molecule has 1 fully saturated rings. The fourth-order valence-corrected chi connectivity index (χ4v) is 6.17. The number of hydrogen-bond donors (Lipinski definition) is 3. The molecule has 3 atom stereocenters. The largest absolute Gasteiger partial charge is 0.493 e. The number of carbonyl (C=O) groups excluding carboxylic acids is 2. The zero-order chi connectivity index (χ0) is 26.7. The molecule has 2 amide bonds. The summed E-state index contributed by atoms with van der Waals surface area (Å²) in [6.45, 7) is 6.88. The lowest BCUT2D eigenvalue weighted by Gasteiger charge is -2.46. The van der Waals surface area contributed by atoms with Gasteiger partial charge in [0, 0.05) is 36.0 Å². The highest BCUT2D eigenvalue weighted by molar-refractivity contribution is 6.00. The summed E-state index contributed by atoms with van der Waals surface area (Å²) in [7, 11) is 0. The van der Waals surface area contributed by atoms with Gasteiger partial charge in [0.2, 0.25) is 5.91 Å². The Balaban J connectivity index is 1.45. The molecule has 9 nitrogen and oxygen atoms in total. The molecule has 5 heterocycles. The molecule has 0 aromatic heterocycles. The molecule has 7 rings (SSSR count). The molecule has 0 aliphatic carbocycles. The van der Waals surface area contributed by atoms with Crippen molar-refractivity contribution < 1.29 is 23.8 Å². The Morgan fingerprint density at radius 1 is 1.05 bits per heavy atom. The predicted octanol–water partition coefficient (Wildman–Crippen LogP) is 4.23. The number of benzene rings is 2. The van der Waals surface area contributed by atoms with Crippen molar-refractivity contribution in [3.63, 3.8) is 0 Å². The number of amides is 2. The number of carbonyl (C=O) groups is 2. The summed E-state index contributed by atoms with van der Waals surface area (Å²) in [4.78, 5) is 28.7. The van der Waals surface area contributed by atoms with Crippen molar-refractivity contribution in [3.8, 4) is 17.2 Å². The minimum Gasteiger partial charge on any atom is -0.493 e. The van der Waals surface area contributed by atoms with Gasteiger partial charge in [-0.05, 0) is 56.7 Å². The summed E-state index contributed by atoms with van der Waals surface area (Å²) >= 11 is 0. The van der Waals surface area contributed by atoms with E-state index >= 15 is 0 Å². The number of hydrogen-bond acceptors (Lipinski definition) is 6. The summed E-state index contributed by atoms with van der Waals surface area (Å²) < 4.78 is 18.3. The van der Waals surface area contributed by atoms with Crippen molar-refractivity contribution in [2.24, 2.45) is 0 Å². The van der Waals surface area contributed by atoms with Crippen molar-refractivity contribution in [1.29, 1.82) is 5.41 Å². The number of nitrogens with zero attached hydrogens (tertiary/aromatic N) is 1. The lowest BCUT2D eigenvalue weighted by molar-refractivity contribution is -0.133. The molecule has 3 N–H and O–H groups in total. The van der Waals surface area contributed by atoms with Gasteiger partial charge in [0.1, 0.15) is 22.8 Å². The Morgan fingerprint density at radius 2 is 1.87 bits per heavy atom. The third-order valence-electron chi connectivity index (χ3n) is 8.24. The molecule has 2 aromatic rings. The SMILES string of the molecule is CC[C@]12CCOc3ccc4c(c3)[C@H](CC(C)(C)O4)NC(=O)c3ccc4c(c3)[C@@H](CCO4)N(C(=N)N1)C(=O)C2. The second-order valence-corrected chi connectivity index (χ2v) is 11.3. The van der Waals surface area contributed by atoms with E-state index in [0.29, 0.717) is 56.0 Å². The normalized spacial score (nSPS) is 27.8. The van der Waals surface area contributed by atoms with Crippen molar-refractivity contribution in [3.05, 3.63) is 53.1 Å². The maximum absolute atomic E-state index is 13.6. The molecule has 6 bridgehead atoms. The van der Waals surface area contributed by atoms with Gasteiger partial charge in [0.05, 0.1) is 37.3 Å². The van der Waals surface area contributed by atoms with E-state index in [-0.39, 0.29) is 36.3 Å². The average molecular weight is 519 g/mol. The minimum atomic E-state index is -0.560. The highest BCUT2D eigenvalue weighted by Gasteiger charge is 2.44. The Morgan fingerprint density at radius 3 is 2.66 bits per heavy atom. The van der Waals surface area contributed by atoms with Crippen LogP contribution in [0.1, 0.15) is 86.4 Å². The first-order valence-corrected chi connectivity index (χ1v) is 13.4. The van der Waals surface area contributed by atoms with Crippen molar-refractivity contribution >= 4 is 17.8 Å². The van der Waals surface area contributed by atoms with E-state index in [9.17, 15) is 9.59 Å². The van der Waals surface area contributed by atoms with E-state index in [2.05, 4.69) is 10.6 Å². The van der Waals surface area contributed by atoms with Crippen LogP contribution in [0.4, 0.5) is 0 Å². The van der Waals surface area contributed by atoms with E-state index in [1.165, 1.54) is 4.90 Å². The Bertz CT molecular complexity index is 1300. The van der Waals surface area contributed by atoms with Crippen molar-refractivity contribution in [1.82, 2.24) is 15.5 Å². The van der Waals surface area contributed by atoms with E-state index in [1.807, 2.05) is 39.0 Å². The Labute approximate surface area is 222 Å². The van der Waals surface area contributed by atoms with Gasteiger partial charge < -0.3 is 24.8 Å². The molecule has 0 unspecified atom stereocenters. The topological polar surface area (TPSA) is 113 Å². The molecule has 1 saturated heterocycles. The zero-order valence-electron chi connectivity index (χ0n) is 22.1. The van der Waals surface area contributed by atoms with Gasteiger partial charge in [-0.2, -0.15) is 0 Å². The van der Waals surface area contributed by atoms with Crippen LogP contribution in [0.15, 0.2) is 36.4 Å². The van der Waals surface area contributed by atoms with E-state index in [4.69, 9.17) is 19.6 Å². The van der Waals surface area contributed by atoms with Crippen LogP contribution in [0.5, 0.6) is 17.2 Å². The van der Waals surface area contributed by atoms with Gasteiger partial charge in [-0.25, -0.2) is 0 Å². The average Bonchev–Trinajstić information content (AvgIpc) is 2.87. The smallest absolute Gasteiger partial charge is 0.251 e. The van der Waals surface area contributed by atoms with E-state index in [1.54, 1.807) is 18.2 Å². The van der Waals surface area contributed by atoms with Crippen LogP contribution >= 0.6 is 0 Å². The van der Waals surface area contributed by atoms with Gasteiger partial charge in [-0.15, -0.1) is 0 Å². The molecule has 0 spiro atoms. The van der Waals surface area contributed by atoms with Crippen LogP contribution in [0.3, 0.4) is 0 Å². The molecule has 0 radical (unpaired) electrons. The first-order valence-electron chi connectivity index (χ1n) is 13.4. The van der Waals surface area contributed by atoms with Crippen LogP contribution in [0.2, 0.25) is 0 Å². The summed E-state index contributed by atoms with van der Waals surface area (Å²) in [5.74, 6) is 1.80. The number of rotatable bonds is 1. The third-order valence-corrected chi connectivity index (χ3v) is 8.24. The van der Waals surface area contributed by atoms with Gasteiger partial charge in [0.25, 0.3) is 5.91 Å². The highest BCUT2D eigenvalue weighted by Crippen LogP contribution is 2.43. The fraction of sp³-hybridized carbons (Fsp3) is 0.483. The fourth-order valence-electron chi connectivity index (χ4n) is 6.17. The van der Waals surface area contributed by atoms with E-state index < -0.39 is 11.1 Å². The lowest BCUT2D eigenvalue weighted by atomic mass is 9.85. The van der Waals surface area contributed by atoms with Crippen molar-refractivity contribution in [2.45, 2.75) is 76.1 Å². The monoisotopic (exact) mass is 518 g/mol. The third kappa shape index (κ3) is 4.23. The molecule has 2 aromatic carbocycles. The molecular formula is C29H34N4O5. The number of fused-ring (bicyclic) bond motifs is 5. The summed E-state index contributed by atoms with van der Waals surface area (Å²) in [5, 5.41) is 15.4. The second kappa shape index (κ2) is 8.92. The molecule has 38 heavy (non-hydrogen) atoms. The highest BCUT2D eigenvalue weighted by atomic mass is 16.5. The van der Waals surface area contributed by atoms with Crippen molar-refractivity contribution in [2.75, 3.05) is 13.2 Å². The molecular weight excluding hydrogens is 484 g/mol. The van der Waals surface area contributed by atoms with Crippen LogP contribution in [0.25, 0.3) is 0 Å². The molecule has 0 saturated carbocycles. The predicted molar refractivity (Wildman–Crippen MR) is 141 cm³/mol. The van der Waals surface area contributed by atoms with Gasteiger partial charge in [-0.3, -0.25) is 19.9 Å². The maximum atomic E-state index is 13.6. The first kappa shape index (κ1) is 24.6. The Hall–Kier alpha value is -3.75. The standard InChI is InChI=1S/C29H34N4O5/c1-4-29-10-12-36-18-6-8-24-19(14-18)21(15-28(2,3)38-24)31-26(35)17-5-7-23-20(13-17)22(9-11-37-23)33(25(34)16-29)27(30)32-29/h5-8,13-14,21-22H,4,9-12,15-16H2,1-3H3,(H2,30,32)(H,31,35)/t21-,22+,29+/m0/s1. The first-order chi connectivity index (χ1) is 18.2. The van der Waals surface area contributed by atoms with Crippen LogP contribution in [0, 0.1) is 5.41 Å². The van der Waals surface area contributed by atoms with Crippen LogP contribution in [-0.2, 0) is 4.79 Å². The van der Waals surface area contributed by atoms with Crippen LogP contribution < -0.4 is 24.8 Å². The van der Waals surface area contributed by atoms with E-state index in [0.717, 1.165) is 16.9 Å².